The number of amides is 2. The number of aryl methyl sites for hydroxylation is 1. The minimum atomic E-state index is -0.188. The van der Waals surface area contributed by atoms with Crippen molar-refractivity contribution in [3.63, 3.8) is 0 Å². The van der Waals surface area contributed by atoms with Gasteiger partial charge in [-0.25, -0.2) is 4.98 Å². The molecule has 0 spiro atoms. The summed E-state index contributed by atoms with van der Waals surface area (Å²) < 4.78 is 7.51. The number of hydrogen-bond acceptors (Lipinski definition) is 4. The van der Waals surface area contributed by atoms with E-state index in [1.165, 1.54) is 0 Å². The molecule has 0 radical (unpaired) electrons. The highest BCUT2D eigenvalue weighted by Crippen LogP contribution is 2.18. The number of ether oxygens (including phenoxy) is 1. The number of halogens is 1. The summed E-state index contributed by atoms with van der Waals surface area (Å²) in [6, 6.07) is 14.8. The van der Waals surface area contributed by atoms with Crippen LogP contribution in [-0.4, -0.2) is 52.5 Å². The number of fused-ring (bicyclic) bond motifs is 1. The third-order valence-corrected chi connectivity index (χ3v) is 5.89. The second-order valence-corrected chi connectivity index (χ2v) is 10.3. The number of rotatable bonds is 13. The smallest absolute Gasteiger partial charge is 0.257 e. The van der Waals surface area contributed by atoms with Gasteiger partial charge in [0.2, 0.25) is 5.91 Å². The molecule has 0 saturated carbocycles. The SMILES string of the molecule is CC(C)CN(CC(C)C)C(=O)Cn1c(CCCNC(=O)COc2ccc(Cl)cc2)nc2ccccc21. The molecule has 0 bridgehead atoms. The number of nitrogens with one attached hydrogen (secondary N) is 1. The van der Waals surface area contributed by atoms with Gasteiger partial charge in [-0.05, 0) is 54.7 Å². The predicted octanol–water partition coefficient (Wildman–Crippen LogP) is 4.96. The number of carbonyl (C=O) groups excluding carboxylic acids is 2. The summed E-state index contributed by atoms with van der Waals surface area (Å²) in [5.41, 5.74) is 1.83. The molecule has 194 valence electrons. The van der Waals surface area contributed by atoms with Crippen molar-refractivity contribution in [3.05, 3.63) is 59.4 Å². The molecule has 2 aromatic carbocycles. The highest BCUT2D eigenvalue weighted by Gasteiger charge is 2.20. The van der Waals surface area contributed by atoms with E-state index in [0.717, 1.165) is 29.9 Å². The number of benzene rings is 2. The van der Waals surface area contributed by atoms with Gasteiger partial charge in [0, 0.05) is 31.1 Å². The third-order valence-electron chi connectivity index (χ3n) is 5.63. The minimum absolute atomic E-state index is 0.0593. The lowest BCUT2D eigenvalue weighted by atomic mass is 10.1. The number of para-hydroxylation sites is 2. The molecular formula is C28H37ClN4O3. The highest BCUT2D eigenvalue weighted by atomic mass is 35.5. The summed E-state index contributed by atoms with van der Waals surface area (Å²) in [6.07, 6.45) is 1.35. The van der Waals surface area contributed by atoms with Crippen molar-refractivity contribution in [2.24, 2.45) is 11.8 Å². The largest absolute Gasteiger partial charge is 0.484 e. The van der Waals surface area contributed by atoms with E-state index in [1.54, 1.807) is 24.3 Å². The molecule has 2 amide bonds. The zero-order chi connectivity index (χ0) is 26.1. The van der Waals surface area contributed by atoms with Crippen molar-refractivity contribution in [3.8, 4) is 5.75 Å². The molecule has 0 aliphatic heterocycles. The average molecular weight is 513 g/mol. The van der Waals surface area contributed by atoms with Crippen LogP contribution in [-0.2, 0) is 22.6 Å². The fourth-order valence-corrected chi connectivity index (χ4v) is 4.22. The van der Waals surface area contributed by atoms with Crippen LogP contribution in [0.15, 0.2) is 48.5 Å². The summed E-state index contributed by atoms with van der Waals surface area (Å²) in [5.74, 6) is 2.17. The molecule has 3 aromatic rings. The van der Waals surface area contributed by atoms with Crippen LogP contribution in [0.25, 0.3) is 11.0 Å². The van der Waals surface area contributed by atoms with Crippen molar-refractivity contribution >= 4 is 34.4 Å². The maximum atomic E-state index is 13.3. The Kier molecular flexibility index (Phi) is 10.2. The zero-order valence-corrected chi connectivity index (χ0v) is 22.4. The minimum Gasteiger partial charge on any atom is -0.484 e. The Bertz CT molecular complexity index is 1130. The first kappa shape index (κ1) is 27.5. The molecule has 0 aliphatic rings. The van der Waals surface area contributed by atoms with E-state index >= 15 is 0 Å². The summed E-state index contributed by atoms with van der Waals surface area (Å²) in [6.45, 7) is 10.7. The summed E-state index contributed by atoms with van der Waals surface area (Å²) in [4.78, 5) is 32.2. The lowest BCUT2D eigenvalue weighted by Gasteiger charge is -2.27. The van der Waals surface area contributed by atoms with E-state index < -0.39 is 0 Å². The summed E-state index contributed by atoms with van der Waals surface area (Å²) >= 11 is 5.87. The Balaban J connectivity index is 1.59. The Hall–Kier alpha value is -3.06. The molecule has 36 heavy (non-hydrogen) atoms. The van der Waals surface area contributed by atoms with E-state index in [4.69, 9.17) is 21.3 Å². The van der Waals surface area contributed by atoms with Crippen LogP contribution in [0.2, 0.25) is 5.02 Å². The molecule has 0 saturated heterocycles. The standard InChI is InChI=1S/C28H37ClN4O3/c1-20(2)16-32(17-21(3)4)28(35)18-33-25-9-6-5-8-24(25)31-26(33)10-7-15-30-27(34)19-36-23-13-11-22(29)12-14-23/h5-6,8-9,11-14,20-21H,7,10,15-19H2,1-4H3,(H,30,34). The van der Waals surface area contributed by atoms with Crippen LogP contribution in [0.5, 0.6) is 5.75 Å². The van der Waals surface area contributed by atoms with Gasteiger partial charge in [0.25, 0.3) is 5.91 Å². The van der Waals surface area contributed by atoms with Crippen molar-refractivity contribution in [2.45, 2.75) is 47.1 Å². The van der Waals surface area contributed by atoms with Gasteiger partial charge in [-0.2, -0.15) is 0 Å². The molecular weight excluding hydrogens is 476 g/mol. The van der Waals surface area contributed by atoms with Gasteiger partial charge in [-0.15, -0.1) is 0 Å². The monoisotopic (exact) mass is 512 g/mol. The topological polar surface area (TPSA) is 76.5 Å². The predicted molar refractivity (Wildman–Crippen MR) is 144 cm³/mol. The van der Waals surface area contributed by atoms with Crippen LogP contribution in [0, 0.1) is 11.8 Å². The number of carbonyl (C=O) groups is 2. The van der Waals surface area contributed by atoms with Crippen LogP contribution in [0.3, 0.4) is 0 Å². The molecule has 1 aromatic heterocycles. The second kappa shape index (κ2) is 13.3. The molecule has 0 aliphatic carbocycles. The van der Waals surface area contributed by atoms with Gasteiger partial charge in [0.15, 0.2) is 6.61 Å². The molecule has 0 atom stereocenters. The molecule has 1 N–H and O–H groups in total. The Morgan fingerprint density at radius 1 is 1.03 bits per heavy atom. The molecule has 8 heteroatoms. The maximum Gasteiger partial charge on any atom is 0.257 e. The van der Waals surface area contributed by atoms with Crippen LogP contribution in [0.1, 0.15) is 39.9 Å². The summed E-state index contributed by atoms with van der Waals surface area (Å²) in [5, 5.41) is 3.51. The van der Waals surface area contributed by atoms with Gasteiger partial charge < -0.3 is 19.5 Å². The molecule has 0 fully saturated rings. The van der Waals surface area contributed by atoms with E-state index in [1.807, 2.05) is 33.7 Å². The number of nitrogens with zero attached hydrogens (tertiary/aromatic N) is 3. The van der Waals surface area contributed by atoms with Crippen LogP contribution < -0.4 is 10.1 Å². The molecule has 0 unspecified atom stereocenters. The Morgan fingerprint density at radius 3 is 2.36 bits per heavy atom. The normalized spacial score (nSPS) is 11.3. The number of aromatic nitrogens is 2. The third kappa shape index (κ3) is 8.26. The Morgan fingerprint density at radius 2 is 1.69 bits per heavy atom. The highest BCUT2D eigenvalue weighted by molar-refractivity contribution is 6.30. The second-order valence-electron chi connectivity index (χ2n) is 9.89. The van der Waals surface area contributed by atoms with Crippen molar-refractivity contribution < 1.29 is 14.3 Å². The fraction of sp³-hybridized carbons (Fsp3) is 0.464. The average Bonchev–Trinajstić information content (AvgIpc) is 3.17. The lowest BCUT2D eigenvalue weighted by Crippen LogP contribution is -2.39. The molecule has 7 nitrogen and oxygen atoms in total. The first-order chi connectivity index (χ1) is 17.2. The number of hydrogen-bond donors (Lipinski definition) is 1. The van der Waals surface area contributed by atoms with Crippen LogP contribution >= 0.6 is 11.6 Å². The lowest BCUT2D eigenvalue weighted by molar-refractivity contribution is -0.133. The van der Waals surface area contributed by atoms with Gasteiger partial charge in [-0.3, -0.25) is 9.59 Å². The van der Waals surface area contributed by atoms with Crippen molar-refractivity contribution in [1.29, 1.82) is 0 Å². The van der Waals surface area contributed by atoms with Crippen molar-refractivity contribution in [1.82, 2.24) is 19.8 Å². The Labute approximate surface area is 218 Å². The maximum absolute atomic E-state index is 13.3. The van der Waals surface area contributed by atoms with E-state index in [-0.39, 0.29) is 25.0 Å². The van der Waals surface area contributed by atoms with E-state index in [0.29, 0.717) is 42.0 Å². The van der Waals surface area contributed by atoms with Gasteiger partial charge >= 0.3 is 0 Å². The molecule has 3 rings (SSSR count). The van der Waals surface area contributed by atoms with E-state index in [9.17, 15) is 9.59 Å². The number of imidazole rings is 1. The van der Waals surface area contributed by atoms with Crippen LogP contribution in [0.4, 0.5) is 0 Å². The van der Waals surface area contributed by atoms with Crippen molar-refractivity contribution in [2.75, 3.05) is 26.2 Å². The van der Waals surface area contributed by atoms with E-state index in [2.05, 4.69) is 33.0 Å². The van der Waals surface area contributed by atoms with Gasteiger partial charge in [0.05, 0.1) is 11.0 Å². The first-order valence-electron chi connectivity index (χ1n) is 12.6. The zero-order valence-electron chi connectivity index (χ0n) is 21.7. The van der Waals surface area contributed by atoms with Gasteiger partial charge in [0.1, 0.15) is 18.1 Å². The molecule has 1 heterocycles. The van der Waals surface area contributed by atoms with Gasteiger partial charge in [-0.1, -0.05) is 51.4 Å². The quantitative estimate of drug-likeness (QED) is 0.328. The first-order valence-corrected chi connectivity index (χ1v) is 13.0. The summed E-state index contributed by atoms with van der Waals surface area (Å²) in [7, 11) is 0. The fourth-order valence-electron chi connectivity index (χ4n) is 4.09.